The van der Waals surface area contributed by atoms with E-state index in [0.29, 0.717) is 11.8 Å². The topological polar surface area (TPSA) is 73.1 Å². The van der Waals surface area contributed by atoms with Gasteiger partial charge in [0.1, 0.15) is 0 Å². The Kier molecular flexibility index (Phi) is 5.34. The zero-order chi connectivity index (χ0) is 13.6. The molecule has 102 valence electrons. The van der Waals surface area contributed by atoms with Crippen molar-refractivity contribution in [2.75, 3.05) is 25.5 Å². The van der Waals surface area contributed by atoms with E-state index in [9.17, 15) is 0 Å². The molecule has 0 bridgehead atoms. The first-order chi connectivity index (χ1) is 8.46. The van der Waals surface area contributed by atoms with Gasteiger partial charge in [-0.05, 0) is 31.7 Å². The highest BCUT2D eigenvalue weighted by molar-refractivity contribution is 5.30. The van der Waals surface area contributed by atoms with Gasteiger partial charge in [-0.2, -0.15) is 4.98 Å². The van der Waals surface area contributed by atoms with Crippen LogP contribution in [-0.2, 0) is 0 Å². The molecular weight excluding hydrogens is 228 g/mol. The Morgan fingerprint density at radius 2 is 2.11 bits per heavy atom. The van der Waals surface area contributed by atoms with E-state index in [4.69, 9.17) is 10.5 Å². The van der Waals surface area contributed by atoms with Gasteiger partial charge >= 0.3 is 0 Å². The van der Waals surface area contributed by atoms with Gasteiger partial charge in [0.15, 0.2) is 0 Å². The Bertz CT molecular complexity index is 379. The Morgan fingerprint density at radius 1 is 1.39 bits per heavy atom. The number of nitrogens with one attached hydrogen (secondary N) is 1. The van der Waals surface area contributed by atoms with Crippen molar-refractivity contribution in [3.63, 3.8) is 0 Å². The van der Waals surface area contributed by atoms with Gasteiger partial charge in [-0.25, -0.2) is 4.98 Å². The summed E-state index contributed by atoms with van der Waals surface area (Å²) in [7, 11) is 1.61. The molecule has 5 heteroatoms. The van der Waals surface area contributed by atoms with E-state index >= 15 is 0 Å². The number of aromatic nitrogens is 2. The predicted octanol–water partition coefficient (Wildman–Crippen LogP) is 1.97. The molecule has 0 atom stereocenters. The van der Waals surface area contributed by atoms with Crippen molar-refractivity contribution in [1.82, 2.24) is 9.97 Å². The normalized spacial score (nSPS) is 11.4. The maximum absolute atomic E-state index is 5.54. The molecule has 5 nitrogen and oxygen atoms in total. The number of hydrogen-bond donors (Lipinski definition) is 2. The fourth-order valence-corrected chi connectivity index (χ4v) is 1.71. The minimum absolute atomic E-state index is 0.180. The van der Waals surface area contributed by atoms with E-state index in [1.807, 2.05) is 13.0 Å². The summed E-state index contributed by atoms with van der Waals surface area (Å²) in [5.74, 6) is 1.21. The predicted molar refractivity (Wildman–Crippen MR) is 73.9 cm³/mol. The van der Waals surface area contributed by atoms with Crippen LogP contribution < -0.4 is 15.8 Å². The van der Waals surface area contributed by atoms with Crippen LogP contribution in [0.15, 0.2) is 6.07 Å². The number of methoxy groups -OCH3 is 1. The van der Waals surface area contributed by atoms with Crippen LogP contribution in [0.5, 0.6) is 5.88 Å². The van der Waals surface area contributed by atoms with Gasteiger partial charge in [0, 0.05) is 18.3 Å². The lowest BCUT2D eigenvalue weighted by Crippen LogP contribution is -2.25. The number of rotatable bonds is 7. The van der Waals surface area contributed by atoms with E-state index in [2.05, 4.69) is 29.1 Å². The minimum Gasteiger partial charge on any atom is -0.481 e. The van der Waals surface area contributed by atoms with Gasteiger partial charge in [-0.3, -0.25) is 0 Å². The van der Waals surface area contributed by atoms with Crippen LogP contribution in [0.2, 0.25) is 0 Å². The molecule has 0 amide bonds. The molecule has 18 heavy (non-hydrogen) atoms. The molecule has 0 fully saturated rings. The summed E-state index contributed by atoms with van der Waals surface area (Å²) in [4.78, 5) is 8.60. The summed E-state index contributed by atoms with van der Waals surface area (Å²) < 4.78 is 5.12. The summed E-state index contributed by atoms with van der Waals surface area (Å²) in [5, 5.41) is 3.27. The van der Waals surface area contributed by atoms with Crippen molar-refractivity contribution in [1.29, 1.82) is 0 Å². The van der Waals surface area contributed by atoms with E-state index in [1.165, 1.54) is 0 Å². The number of nitrogens with two attached hydrogens (primary N) is 1. The molecule has 0 aliphatic rings. The van der Waals surface area contributed by atoms with Crippen LogP contribution in [0.3, 0.4) is 0 Å². The molecular formula is C13H24N4O. The quantitative estimate of drug-likeness (QED) is 0.776. The maximum Gasteiger partial charge on any atom is 0.226 e. The number of nitrogens with zero attached hydrogens (tertiary/aromatic N) is 2. The average molecular weight is 252 g/mol. The first kappa shape index (κ1) is 14.7. The Hall–Kier alpha value is -1.36. The molecule has 0 aliphatic carbocycles. The van der Waals surface area contributed by atoms with Gasteiger partial charge in [-0.1, -0.05) is 13.8 Å². The van der Waals surface area contributed by atoms with Gasteiger partial charge in [0.05, 0.1) is 7.11 Å². The highest BCUT2D eigenvalue weighted by Crippen LogP contribution is 2.22. The van der Waals surface area contributed by atoms with Gasteiger partial charge < -0.3 is 15.8 Å². The van der Waals surface area contributed by atoms with Crippen LogP contribution in [0.4, 0.5) is 5.95 Å². The monoisotopic (exact) mass is 252 g/mol. The molecule has 0 saturated carbocycles. The summed E-state index contributed by atoms with van der Waals surface area (Å²) in [6.45, 7) is 7.90. The van der Waals surface area contributed by atoms with Gasteiger partial charge in [0.25, 0.3) is 0 Å². The fourth-order valence-electron chi connectivity index (χ4n) is 1.71. The lowest BCUT2D eigenvalue weighted by molar-refractivity contribution is 0.349. The minimum atomic E-state index is 0.180. The molecule has 0 aliphatic heterocycles. The summed E-state index contributed by atoms with van der Waals surface area (Å²) in [5.41, 5.74) is 6.61. The molecule has 1 heterocycles. The second-order valence-corrected chi connectivity index (χ2v) is 5.29. The van der Waals surface area contributed by atoms with Crippen LogP contribution in [0.25, 0.3) is 0 Å². The standard InChI is InChI=1S/C13H24N4O/c1-10-8-11(18-4)17-12(16-10)15-9-13(2,3)6-5-7-14/h8H,5-7,9,14H2,1-4H3,(H,15,16,17). The maximum atomic E-state index is 5.54. The number of anilines is 1. The third kappa shape index (κ3) is 4.87. The summed E-state index contributed by atoms with van der Waals surface area (Å²) in [6.07, 6.45) is 2.12. The summed E-state index contributed by atoms with van der Waals surface area (Å²) in [6, 6.07) is 1.81. The zero-order valence-electron chi connectivity index (χ0n) is 11.8. The van der Waals surface area contributed by atoms with Crippen LogP contribution in [-0.4, -0.2) is 30.2 Å². The first-order valence-electron chi connectivity index (χ1n) is 6.30. The van der Waals surface area contributed by atoms with E-state index in [1.54, 1.807) is 7.11 Å². The number of hydrogen-bond acceptors (Lipinski definition) is 5. The molecule has 0 saturated heterocycles. The van der Waals surface area contributed by atoms with Crippen molar-refractivity contribution < 1.29 is 4.74 Å². The van der Waals surface area contributed by atoms with Gasteiger partial charge in [-0.15, -0.1) is 0 Å². The van der Waals surface area contributed by atoms with Crippen molar-refractivity contribution in [3.8, 4) is 5.88 Å². The Labute approximate surface area is 109 Å². The lowest BCUT2D eigenvalue weighted by atomic mass is 9.88. The third-order valence-corrected chi connectivity index (χ3v) is 2.82. The lowest BCUT2D eigenvalue weighted by Gasteiger charge is -2.24. The fraction of sp³-hybridized carbons (Fsp3) is 0.692. The van der Waals surface area contributed by atoms with Crippen molar-refractivity contribution in [2.45, 2.75) is 33.6 Å². The van der Waals surface area contributed by atoms with E-state index < -0.39 is 0 Å². The third-order valence-electron chi connectivity index (χ3n) is 2.82. The molecule has 0 aromatic carbocycles. The van der Waals surface area contributed by atoms with Crippen LogP contribution in [0.1, 0.15) is 32.4 Å². The molecule has 0 spiro atoms. The SMILES string of the molecule is COc1cc(C)nc(NCC(C)(C)CCCN)n1. The highest BCUT2D eigenvalue weighted by Gasteiger charge is 2.17. The van der Waals surface area contributed by atoms with Gasteiger partial charge in [0.2, 0.25) is 11.8 Å². The zero-order valence-corrected chi connectivity index (χ0v) is 11.8. The highest BCUT2D eigenvalue weighted by atomic mass is 16.5. The number of aryl methyl sites for hydroxylation is 1. The Morgan fingerprint density at radius 3 is 2.72 bits per heavy atom. The van der Waals surface area contributed by atoms with E-state index in [-0.39, 0.29) is 5.41 Å². The van der Waals surface area contributed by atoms with Crippen LogP contribution in [0, 0.1) is 12.3 Å². The van der Waals surface area contributed by atoms with Crippen molar-refractivity contribution in [2.24, 2.45) is 11.1 Å². The second-order valence-electron chi connectivity index (χ2n) is 5.29. The largest absolute Gasteiger partial charge is 0.481 e. The molecule has 0 radical (unpaired) electrons. The molecule has 1 aromatic heterocycles. The average Bonchev–Trinajstić information content (AvgIpc) is 2.33. The van der Waals surface area contributed by atoms with Crippen LogP contribution >= 0.6 is 0 Å². The molecule has 0 unspecified atom stereocenters. The number of ether oxygens (including phenoxy) is 1. The van der Waals surface area contributed by atoms with E-state index in [0.717, 1.165) is 31.6 Å². The van der Waals surface area contributed by atoms with Crippen molar-refractivity contribution in [3.05, 3.63) is 11.8 Å². The second kappa shape index (κ2) is 6.54. The Balaban J connectivity index is 2.59. The smallest absolute Gasteiger partial charge is 0.226 e. The molecule has 3 N–H and O–H groups in total. The first-order valence-corrected chi connectivity index (χ1v) is 6.30. The molecule has 1 rings (SSSR count). The van der Waals surface area contributed by atoms with Crippen molar-refractivity contribution >= 4 is 5.95 Å². The summed E-state index contributed by atoms with van der Waals surface area (Å²) >= 11 is 0. The molecule has 1 aromatic rings.